The van der Waals surface area contributed by atoms with E-state index in [0.717, 1.165) is 28.4 Å². The van der Waals surface area contributed by atoms with Gasteiger partial charge in [0, 0.05) is 15.6 Å². The summed E-state index contributed by atoms with van der Waals surface area (Å²) in [6.07, 6.45) is 2.24. The van der Waals surface area contributed by atoms with Crippen molar-refractivity contribution in [2.24, 2.45) is 0 Å². The monoisotopic (exact) mass is 410 g/mol. The number of halogens is 3. The molecule has 88 valence electrons. The molecule has 2 atom stereocenters. The number of alkyl halides is 1. The van der Waals surface area contributed by atoms with Gasteiger partial charge < -0.3 is 4.74 Å². The highest BCUT2D eigenvalue weighted by molar-refractivity contribution is 9.11. The van der Waals surface area contributed by atoms with Crippen molar-refractivity contribution in [3.05, 3.63) is 32.7 Å². The molecule has 1 aromatic carbocycles. The number of rotatable bonds is 2. The van der Waals surface area contributed by atoms with Gasteiger partial charge in [0.25, 0.3) is 0 Å². The van der Waals surface area contributed by atoms with Gasteiger partial charge in [-0.15, -0.1) is 0 Å². The highest BCUT2D eigenvalue weighted by atomic mass is 79.9. The Hall–Kier alpha value is 0.620. The molecule has 0 aromatic heterocycles. The van der Waals surface area contributed by atoms with E-state index in [1.165, 1.54) is 5.56 Å². The molecule has 0 bridgehead atoms. The fourth-order valence-electron chi connectivity index (χ4n) is 2.04. The first-order chi connectivity index (χ1) is 7.53. The molecule has 4 heteroatoms. The van der Waals surface area contributed by atoms with Crippen molar-refractivity contribution in [1.82, 2.24) is 0 Å². The second kappa shape index (κ2) is 5.09. The van der Waals surface area contributed by atoms with E-state index in [2.05, 4.69) is 66.8 Å². The molecule has 1 nitrogen and oxygen atoms in total. The number of hydrogen-bond acceptors (Lipinski definition) is 1. The molecular formula is C12H13Br3O. The lowest BCUT2D eigenvalue weighted by Gasteiger charge is -2.30. The zero-order chi connectivity index (χ0) is 11.8. The Morgan fingerprint density at radius 1 is 1.38 bits per heavy atom. The summed E-state index contributed by atoms with van der Waals surface area (Å²) in [7, 11) is 0. The molecule has 1 saturated heterocycles. The zero-order valence-electron chi connectivity index (χ0n) is 8.97. The molecule has 0 aliphatic carbocycles. The highest BCUT2D eigenvalue weighted by Gasteiger charge is 2.38. The van der Waals surface area contributed by atoms with Gasteiger partial charge in [-0.1, -0.05) is 47.8 Å². The van der Waals surface area contributed by atoms with Crippen LogP contribution < -0.4 is 0 Å². The van der Waals surface area contributed by atoms with Gasteiger partial charge in [0.05, 0.1) is 10.4 Å². The molecule has 0 N–H and O–H groups in total. The third-order valence-corrected chi connectivity index (χ3v) is 5.69. The Bertz CT molecular complexity index is 386. The molecule has 0 amide bonds. The van der Waals surface area contributed by atoms with Gasteiger partial charge >= 0.3 is 0 Å². The molecule has 2 unspecified atom stereocenters. The number of hydrogen-bond donors (Lipinski definition) is 0. The summed E-state index contributed by atoms with van der Waals surface area (Å²) in [5.41, 5.74) is 1.14. The Kier molecular flexibility index (Phi) is 4.15. The lowest BCUT2D eigenvalue weighted by Crippen LogP contribution is -2.28. The summed E-state index contributed by atoms with van der Waals surface area (Å²) in [6, 6.07) is 6.23. The molecule has 0 spiro atoms. The number of benzene rings is 1. The molecular weight excluding hydrogens is 400 g/mol. The first-order valence-corrected chi connectivity index (χ1v) is 7.76. The van der Waals surface area contributed by atoms with Crippen molar-refractivity contribution in [1.29, 1.82) is 0 Å². The maximum absolute atomic E-state index is 5.87. The van der Waals surface area contributed by atoms with Crippen molar-refractivity contribution in [2.45, 2.75) is 30.2 Å². The van der Waals surface area contributed by atoms with Crippen LogP contribution in [0.15, 0.2) is 27.1 Å². The molecule has 16 heavy (non-hydrogen) atoms. The average Bonchev–Trinajstić information content (AvgIpc) is 2.69. The van der Waals surface area contributed by atoms with Crippen molar-refractivity contribution in [2.75, 3.05) is 6.61 Å². The SMILES string of the molecule is CC1(C(Br)c2cc(Br)ccc2Br)CCCO1. The summed E-state index contributed by atoms with van der Waals surface area (Å²) >= 11 is 10.9. The molecule has 1 heterocycles. The van der Waals surface area contributed by atoms with Crippen LogP contribution >= 0.6 is 47.8 Å². The van der Waals surface area contributed by atoms with Gasteiger partial charge in [0.2, 0.25) is 0 Å². The standard InChI is InChI=1S/C12H13Br3O/c1-12(5-2-6-16-12)11(15)9-7-8(13)3-4-10(9)14/h3-4,7,11H,2,5-6H2,1H3. The van der Waals surface area contributed by atoms with Gasteiger partial charge in [-0.2, -0.15) is 0 Å². The lowest BCUT2D eigenvalue weighted by molar-refractivity contribution is 0.0196. The summed E-state index contributed by atoms with van der Waals surface area (Å²) in [5.74, 6) is 0. The van der Waals surface area contributed by atoms with Crippen LogP contribution in [-0.4, -0.2) is 12.2 Å². The van der Waals surface area contributed by atoms with E-state index in [0.29, 0.717) is 0 Å². The topological polar surface area (TPSA) is 9.23 Å². The van der Waals surface area contributed by atoms with Crippen molar-refractivity contribution in [3.8, 4) is 0 Å². The van der Waals surface area contributed by atoms with Crippen LogP contribution in [0.4, 0.5) is 0 Å². The average molecular weight is 413 g/mol. The summed E-state index contributed by atoms with van der Waals surface area (Å²) in [5, 5.41) is 0. The van der Waals surface area contributed by atoms with Gasteiger partial charge in [-0.05, 0) is 43.5 Å². The predicted molar refractivity (Wildman–Crippen MR) is 77.1 cm³/mol. The van der Waals surface area contributed by atoms with Crippen LogP contribution in [-0.2, 0) is 4.74 Å². The van der Waals surface area contributed by atoms with E-state index >= 15 is 0 Å². The lowest BCUT2D eigenvalue weighted by atomic mass is 9.93. The van der Waals surface area contributed by atoms with E-state index in [1.807, 2.05) is 6.07 Å². The molecule has 1 aliphatic heterocycles. The van der Waals surface area contributed by atoms with Crippen LogP contribution in [0.3, 0.4) is 0 Å². The fourth-order valence-corrected chi connectivity index (χ4v) is 3.94. The summed E-state index contributed by atoms with van der Waals surface area (Å²) in [6.45, 7) is 3.04. The maximum Gasteiger partial charge on any atom is 0.0820 e. The molecule has 1 aliphatic rings. The van der Waals surface area contributed by atoms with Crippen LogP contribution in [0.5, 0.6) is 0 Å². The second-order valence-corrected chi connectivity index (χ2v) is 6.98. The smallest absolute Gasteiger partial charge is 0.0820 e. The van der Waals surface area contributed by atoms with E-state index in [9.17, 15) is 0 Å². The zero-order valence-corrected chi connectivity index (χ0v) is 13.7. The van der Waals surface area contributed by atoms with Gasteiger partial charge in [0.15, 0.2) is 0 Å². The first kappa shape index (κ1) is 13.1. The normalized spacial score (nSPS) is 27.0. The Morgan fingerprint density at radius 2 is 2.12 bits per heavy atom. The third-order valence-electron chi connectivity index (χ3n) is 3.02. The molecule has 2 rings (SSSR count). The minimum Gasteiger partial charge on any atom is -0.374 e. The quantitative estimate of drug-likeness (QED) is 0.605. The second-order valence-electron chi connectivity index (χ2n) is 4.29. The molecule has 0 saturated carbocycles. The minimum atomic E-state index is -0.0939. The first-order valence-electron chi connectivity index (χ1n) is 5.26. The van der Waals surface area contributed by atoms with E-state index in [-0.39, 0.29) is 10.4 Å². The van der Waals surface area contributed by atoms with E-state index in [4.69, 9.17) is 4.74 Å². The van der Waals surface area contributed by atoms with Crippen LogP contribution in [0.2, 0.25) is 0 Å². The van der Waals surface area contributed by atoms with Crippen LogP contribution in [0.1, 0.15) is 30.2 Å². The van der Waals surface area contributed by atoms with Gasteiger partial charge in [-0.25, -0.2) is 0 Å². The Balaban J connectivity index is 2.32. The summed E-state index contributed by atoms with van der Waals surface area (Å²) in [4.78, 5) is 0.217. The van der Waals surface area contributed by atoms with Gasteiger partial charge in [0.1, 0.15) is 0 Å². The van der Waals surface area contributed by atoms with Crippen molar-refractivity contribution >= 4 is 47.8 Å². The minimum absolute atomic E-state index is 0.0939. The maximum atomic E-state index is 5.87. The van der Waals surface area contributed by atoms with Crippen molar-refractivity contribution < 1.29 is 4.74 Å². The summed E-state index contributed by atoms with van der Waals surface area (Å²) < 4.78 is 8.08. The van der Waals surface area contributed by atoms with E-state index < -0.39 is 0 Å². The molecule has 1 fully saturated rings. The van der Waals surface area contributed by atoms with E-state index in [1.54, 1.807) is 0 Å². The third kappa shape index (κ3) is 2.55. The van der Waals surface area contributed by atoms with Crippen molar-refractivity contribution in [3.63, 3.8) is 0 Å². The van der Waals surface area contributed by atoms with Crippen LogP contribution in [0, 0.1) is 0 Å². The molecule has 1 aromatic rings. The Labute approximate surface area is 121 Å². The largest absolute Gasteiger partial charge is 0.374 e. The fraction of sp³-hybridized carbons (Fsp3) is 0.500. The van der Waals surface area contributed by atoms with Gasteiger partial charge in [-0.3, -0.25) is 0 Å². The van der Waals surface area contributed by atoms with Crippen LogP contribution in [0.25, 0.3) is 0 Å². The number of ether oxygens (including phenoxy) is 1. The predicted octanol–water partition coefficient (Wildman–Crippen LogP) is 5.22. The molecule has 0 radical (unpaired) electrons. The Morgan fingerprint density at radius 3 is 2.75 bits per heavy atom. The highest BCUT2D eigenvalue weighted by Crippen LogP contribution is 2.45.